The van der Waals surface area contributed by atoms with Crippen molar-refractivity contribution in [2.24, 2.45) is 7.05 Å². The van der Waals surface area contributed by atoms with Crippen molar-refractivity contribution >= 4 is 29.4 Å². The minimum Gasteiger partial charge on any atom is -0.493 e. The number of aryl methyl sites for hydroxylation is 1. The van der Waals surface area contributed by atoms with Crippen LogP contribution >= 0.6 is 11.8 Å². The van der Waals surface area contributed by atoms with Gasteiger partial charge in [0.25, 0.3) is 0 Å². The first kappa shape index (κ1) is 21.5. The van der Waals surface area contributed by atoms with E-state index >= 15 is 0 Å². The molecule has 1 heterocycles. The fraction of sp³-hybridized carbons (Fsp3) is 0.217. The summed E-state index contributed by atoms with van der Waals surface area (Å²) in [5.74, 6) is 1.12. The number of benzene rings is 2. The van der Waals surface area contributed by atoms with E-state index in [2.05, 4.69) is 17.2 Å². The van der Waals surface area contributed by atoms with E-state index in [1.54, 1.807) is 19.4 Å². The van der Waals surface area contributed by atoms with Crippen molar-refractivity contribution < 1.29 is 14.3 Å². The minimum absolute atomic E-state index is 0.215. The number of hydrogen-bond donors (Lipinski definition) is 1. The van der Waals surface area contributed by atoms with Gasteiger partial charge in [0.2, 0.25) is 5.91 Å². The SMILES string of the molecule is CCCOc1ccc(/C=C/C(=O)Nc2ccccc2Sc2nccn2C)cc1OC. The number of aromatic nitrogens is 2. The third-order valence-corrected chi connectivity index (χ3v) is 5.35. The van der Waals surface area contributed by atoms with Gasteiger partial charge in [-0.1, -0.05) is 25.1 Å². The number of carbonyl (C=O) groups is 1. The third-order valence-electron chi connectivity index (χ3n) is 4.20. The van der Waals surface area contributed by atoms with E-state index in [0.29, 0.717) is 18.1 Å². The quantitative estimate of drug-likeness (QED) is 0.490. The van der Waals surface area contributed by atoms with Crippen molar-refractivity contribution in [2.75, 3.05) is 19.0 Å². The highest BCUT2D eigenvalue weighted by Gasteiger charge is 2.09. The number of rotatable bonds is 9. The van der Waals surface area contributed by atoms with Crippen LogP contribution in [0.3, 0.4) is 0 Å². The first-order valence-electron chi connectivity index (χ1n) is 9.64. The Bertz CT molecular complexity index is 1030. The van der Waals surface area contributed by atoms with E-state index in [0.717, 1.165) is 27.7 Å². The van der Waals surface area contributed by atoms with Gasteiger partial charge in [0.1, 0.15) is 0 Å². The smallest absolute Gasteiger partial charge is 0.248 e. The van der Waals surface area contributed by atoms with Crippen LogP contribution in [-0.4, -0.2) is 29.2 Å². The number of carbonyl (C=O) groups excluding carboxylic acids is 1. The summed E-state index contributed by atoms with van der Waals surface area (Å²) in [4.78, 5) is 17.7. The van der Waals surface area contributed by atoms with Crippen LogP contribution in [-0.2, 0) is 11.8 Å². The molecule has 0 atom stereocenters. The van der Waals surface area contributed by atoms with Gasteiger partial charge in [-0.25, -0.2) is 4.98 Å². The van der Waals surface area contributed by atoms with E-state index < -0.39 is 0 Å². The number of amides is 1. The summed E-state index contributed by atoms with van der Waals surface area (Å²) in [6, 6.07) is 13.2. The van der Waals surface area contributed by atoms with E-state index in [-0.39, 0.29) is 5.91 Å². The summed E-state index contributed by atoms with van der Waals surface area (Å²) >= 11 is 1.50. The molecule has 0 aliphatic heterocycles. The maximum atomic E-state index is 12.5. The van der Waals surface area contributed by atoms with Crippen molar-refractivity contribution in [1.29, 1.82) is 0 Å². The number of imidazole rings is 1. The van der Waals surface area contributed by atoms with Crippen molar-refractivity contribution in [3.8, 4) is 11.5 Å². The molecule has 1 N–H and O–H groups in total. The van der Waals surface area contributed by atoms with Gasteiger partial charge in [-0.2, -0.15) is 0 Å². The highest BCUT2D eigenvalue weighted by atomic mass is 32.2. The molecular weight excluding hydrogens is 398 g/mol. The van der Waals surface area contributed by atoms with Crippen molar-refractivity contribution in [1.82, 2.24) is 9.55 Å². The molecule has 0 spiro atoms. The fourth-order valence-corrected chi connectivity index (χ4v) is 3.56. The highest BCUT2D eigenvalue weighted by molar-refractivity contribution is 7.99. The molecule has 3 aromatic rings. The third kappa shape index (κ3) is 5.67. The summed E-state index contributed by atoms with van der Waals surface area (Å²) in [6.45, 7) is 2.68. The Balaban J connectivity index is 1.69. The first-order chi connectivity index (χ1) is 14.6. The van der Waals surface area contributed by atoms with E-state index in [1.807, 2.05) is 60.3 Å². The van der Waals surface area contributed by atoms with Crippen molar-refractivity contribution in [3.05, 3.63) is 66.5 Å². The lowest BCUT2D eigenvalue weighted by Gasteiger charge is -2.10. The van der Waals surface area contributed by atoms with E-state index in [1.165, 1.54) is 17.8 Å². The van der Waals surface area contributed by atoms with Crippen LogP contribution in [0.15, 0.2) is 71.0 Å². The van der Waals surface area contributed by atoms with Gasteiger partial charge in [0.15, 0.2) is 16.7 Å². The number of methoxy groups -OCH3 is 1. The first-order valence-corrected chi connectivity index (χ1v) is 10.5. The Kier molecular flexibility index (Phi) is 7.57. The average molecular weight is 424 g/mol. The van der Waals surface area contributed by atoms with Gasteiger partial charge in [0.05, 0.1) is 19.4 Å². The van der Waals surface area contributed by atoms with E-state index in [4.69, 9.17) is 9.47 Å². The standard InChI is InChI=1S/C23H25N3O3S/c1-4-15-29-19-11-9-17(16-20(19)28-3)10-12-22(27)25-18-7-5-6-8-21(18)30-23-24-13-14-26(23)2/h5-14,16H,4,15H2,1-3H3,(H,25,27)/b12-10+. The monoisotopic (exact) mass is 423 g/mol. The maximum Gasteiger partial charge on any atom is 0.248 e. The zero-order valence-electron chi connectivity index (χ0n) is 17.3. The molecule has 0 radical (unpaired) electrons. The van der Waals surface area contributed by atoms with Crippen LogP contribution in [0.2, 0.25) is 0 Å². The lowest BCUT2D eigenvalue weighted by Crippen LogP contribution is -2.08. The fourth-order valence-electron chi connectivity index (χ4n) is 2.67. The van der Waals surface area contributed by atoms with Crippen LogP contribution in [0.4, 0.5) is 5.69 Å². The van der Waals surface area contributed by atoms with Crippen LogP contribution in [0.1, 0.15) is 18.9 Å². The molecule has 0 aliphatic rings. The molecule has 0 fully saturated rings. The summed E-state index contributed by atoms with van der Waals surface area (Å²) in [6.07, 6.45) is 7.81. The molecule has 3 rings (SSSR count). The molecule has 0 saturated heterocycles. The molecule has 2 aromatic carbocycles. The highest BCUT2D eigenvalue weighted by Crippen LogP contribution is 2.32. The summed E-state index contributed by atoms with van der Waals surface area (Å²) < 4.78 is 13.0. The molecule has 30 heavy (non-hydrogen) atoms. The zero-order chi connectivity index (χ0) is 21.3. The molecule has 156 valence electrons. The van der Waals surface area contributed by atoms with Crippen LogP contribution < -0.4 is 14.8 Å². The molecule has 1 amide bonds. The second kappa shape index (κ2) is 10.5. The largest absolute Gasteiger partial charge is 0.493 e. The minimum atomic E-state index is -0.215. The van der Waals surface area contributed by atoms with Gasteiger partial charge in [-0.3, -0.25) is 4.79 Å². The van der Waals surface area contributed by atoms with Gasteiger partial charge in [0, 0.05) is 30.4 Å². The van der Waals surface area contributed by atoms with Crippen molar-refractivity contribution in [3.63, 3.8) is 0 Å². The number of ether oxygens (including phenoxy) is 2. The predicted octanol–water partition coefficient (Wildman–Crippen LogP) is 5.02. The van der Waals surface area contributed by atoms with Gasteiger partial charge in [-0.05, 0) is 54.1 Å². The number of nitrogens with zero attached hydrogens (tertiary/aromatic N) is 2. The number of para-hydroxylation sites is 1. The molecular formula is C23H25N3O3S. The Morgan fingerprint density at radius 3 is 2.80 bits per heavy atom. The lowest BCUT2D eigenvalue weighted by atomic mass is 10.2. The Hall–Kier alpha value is -3.19. The summed E-state index contributed by atoms with van der Waals surface area (Å²) in [5.41, 5.74) is 1.59. The predicted molar refractivity (Wildman–Crippen MR) is 120 cm³/mol. The molecule has 1 aromatic heterocycles. The second-order valence-corrected chi connectivity index (χ2v) is 7.51. The number of anilines is 1. The van der Waals surface area contributed by atoms with Gasteiger partial charge < -0.3 is 19.4 Å². The molecule has 6 nitrogen and oxygen atoms in total. The molecule has 0 saturated carbocycles. The molecule has 0 bridgehead atoms. The van der Waals surface area contributed by atoms with Crippen LogP contribution in [0.25, 0.3) is 6.08 Å². The van der Waals surface area contributed by atoms with Crippen molar-refractivity contribution in [2.45, 2.75) is 23.4 Å². The molecule has 0 aliphatic carbocycles. The summed E-state index contributed by atoms with van der Waals surface area (Å²) in [5, 5.41) is 3.79. The molecule has 7 heteroatoms. The lowest BCUT2D eigenvalue weighted by molar-refractivity contribution is -0.111. The van der Waals surface area contributed by atoms with Crippen LogP contribution in [0, 0.1) is 0 Å². The second-order valence-electron chi connectivity index (χ2n) is 6.50. The number of hydrogen-bond acceptors (Lipinski definition) is 5. The summed E-state index contributed by atoms with van der Waals surface area (Å²) in [7, 11) is 3.54. The number of nitrogens with one attached hydrogen (secondary N) is 1. The Labute approximate surface area is 180 Å². The Morgan fingerprint density at radius 1 is 1.23 bits per heavy atom. The average Bonchev–Trinajstić information content (AvgIpc) is 3.16. The zero-order valence-corrected chi connectivity index (χ0v) is 18.1. The van der Waals surface area contributed by atoms with Gasteiger partial charge >= 0.3 is 0 Å². The van der Waals surface area contributed by atoms with Gasteiger partial charge in [-0.15, -0.1) is 0 Å². The van der Waals surface area contributed by atoms with E-state index in [9.17, 15) is 4.79 Å². The Morgan fingerprint density at radius 2 is 2.07 bits per heavy atom. The van der Waals surface area contributed by atoms with Crippen LogP contribution in [0.5, 0.6) is 11.5 Å². The normalized spacial score (nSPS) is 10.9. The molecule has 0 unspecified atom stereocenters. The topological polar surface area (TPSA) is 65.4 Å². The maximum absolute atomic E-state index is 12.5.